The molecule has 1 aromatic heterocycles. The molecule has 0 saturated heterocycles. The molecule has 2 heterocycles. The molecule has 1 unspecified atom stereocenters. The van der Waals surface area contributed by atoms with Crippen LogP contribution < -0.4 is 5.43 Å². The maximum atomic E-state index is 14.8. The lowest BCUT2D eigenvalue weighted by Gasteiger charge is -2.26. The molecule has 0 spiro atoms. The summed E-state index contributed by atoms with van der Waals surface area (Å²) in [6.07, 6.45) is 0. The molecule has 0 radical (unpaired) electrons. The maximum absolute atomic E-state index is 14.8. The minimum Gasteiger partial charge on any atom is -0.450 e. The standard InChI is InChI=1S/C24H15ClFNO3/c25-17-10-4-1-7-14(17)13-27-21(15-8-2-5-11-18(15)26)20-22(28)16-9-3-6-12-19(16)30-23(20)24(27)29/h1-12,21H,13H2. The highest BCUT2D eigenvalue weighted by Crippen LogP contribution is 2.40. The largest absolute Gasteiger partial charge is 0.450 e. The predicted octanol–water partition coefficient (Wildman–Crippen LogP) is 5.33. The summed E-state index contributed by atoms with van der Waals surface area (Å²) in [6.45, 7) is 0.109. The fourth-order valence-electron chi connectivity index (χ4n) is 3.96. The number of carbonyl (C=O) groups is 1. The van der Waals surface area contributed by atoms with Gasteiger partial charge in [0.2, 0.25) is 5.76 Å². The maximum Gasteiger partial charge on any atom is 0.291 e. The molecule has 5 rings (SSSR count). The average molecular weight is 420 g/mol. The molecule has 4 aromatic rings. The first-order chi connectivity index (χ1) is 14.6. The summed E-state index contributed by atoms with van der Waals surface area (Å²) in [5.74, 6) is -1.03. The lowest BCUT2D eigenvalue weighted by atomic mass is 9.98. The van der Waals surface area contributed by atoms with Crippen molar-refractivity contribution in [2.24, 2.45) is 0 Å². The molecule has 0 fully saturated rings. The van der Waals surface area contributed by atoms with E-state index in [4.69, 9.17) is 16.0 Å². The van der Waals surface area contributed by atoms with E-state index in [1.807, 2.05) is 6.07 Å². The minimum atomic E-state index is -0.911. The van der Waals surface area contributed by atoms with Gasteiger partial charge in [-0.1, -0.05) is 60.1 Å². The molecule has 1 atom stereocenters. The van der Waals surface area contributed by atoms with E-state index in [2.05, 4.69) is 0 Å². The molecule has 0 aliphatic carbocycles. The number of benzene rings is 3. The van der Waals surface area contributed by atoms with Gasteiger partial charge in [-0.15, -0.1) is 0 Å². The fraction of sp³-hybridized carbons (Fsp3) is 0.0833. The number of hydrogen-bond donors (Lipinski definition) is 0. The Morgan fingerprint density at radius 1 is 0.933 bits per heavy atom. The molecule has 1 aliphatic rings. The van der Waals surface area contributed by atoms with Crippen molar-refractivity contribution >= 4 is 28.5 Å². The molecule has 1 amide bonds. The van der Waals surface area contributed by atoms with Crippen LogP contribution in [0.1, 0.15) is 33.3 Å². The molecule has 148 valence electrons. The van der Waals surface area contributed by atoms with E-state index in [-0.39, 0.29) is 28.9 Å². The highest BCUT2D eigenvalue weighted by Gasteiger charge is 2.43. The van der Waals surface area contributed by atoms with Crippen molar-refractivity contribution in [2.75, 3.05) is 0 Å². The zero-order valence-corrected chi connectivity index (χ0v) is 16.4. The van der Waals surface area contributed by atoms with Crippen LogP contribution in [-0.2, 0) is 6.54 Å². The third kappa shape index (κ3) is 2.82. The molecular formula is C24H15ClFNO3. The van der Waals surface area contributed by atoms with Gasteiger partial charge in [0.15, 0.2) is 5.43 Å². The Bertz CT molecular complexity index is 1360. The van der Waals surface area contributed by atoms with Gasteiger partial charge in [-0.05, 0) is 29.8 Å². The van der Waals surface area contributed by atoms with Crippen molar-refractivity contribution in [3.05, 3.63) is 116 Å². The van der Waals surface area contributed by atoms with Crippen LogP contribution in [0.15, 0.2) is 82.0 Å². The second kappa shape index (κ2) is 7.11. The van der Waals surface area contributed by atoms with Crippen LogP contribution in [0.4, 0.5) is 4.39 Å². The Morgan fingerprint density at radius 3 is 2.43 bits per heavy atom. The van der Waals surface area contributed by atoms with E-state index in [9.17, 15) is 14.0 Å². The number of fused-ring (bicyclic) bond motifs is 2. The van der Waals surface area contributed by atoms with Gasteiger partial charge in [0.25, 0.3) is 5.91 Å². The average Bonchev–Trinajstić information content (AvgIpc) is 3.02. The van der Waals surface area contributed by atoms with Crippen LogP contribution in [0.5, 0.6) is 0 Å². The summed E-state index contributed by atoms with van der Waals surface area (Å²) in [4.78, 5) is 28.1. The Labute approximate surface area is 176 Å². The van der Waals surface area contributed by atoms with Gasteiger partial charge in [0.05, 0.1) is 17.0 Å². The number of hydrogen-bond acceptors (Lipinski definition) is 3. The molecule has 4 nitrogen and oxygen atoms in total. The number of nitrogens with zero attached hydrogens (tertiary/aromatic N) is 1. The van der Waals surface area contributed by atoms with Gasteiger partial charge in [0, 0.05) is 17.1 Å². The topological polar surface area (TPSA) is 50.5 Å². The van der Waals surface area contributed by atoms with Crippen LogP contribution in [0.2, 0.25) is 5.02 Å². The van der Waals surface area contributed by atoms with Gasteiger partial charge in [0.1, 0.15) is 11.4 Å². The van der Waals surface area contributed by atoms with Crippen molar-refractivity contribution in [2.45, 2.75) is 12.6 Å². The first-order valence-electron chi connectivity index (χ1n) is 9.41. The Balaban J connectivity index is 1.76. The number of para-hydroxylation sites is 1. The smallest absolute Gasteiger partial charge is 0.291 e. The first kappa shape index (κ1) is 18.6. The molecule has 0 N–H and O–H groups in total. The summed E-state index contributed by atoms with van der Waals surface area (Å²) in [5.41, 5.74) is 1.06. The van der Waals surface area contributed by atoms with E-state index in [1.54, 1.807) is 60.7 Å². The third-order valence-electron chi connectivity index (χ3n) is 5.37. The molecule has 0 saturated carbocycles. The molecule has 3 aromatic carbocycles. The Morgan fingerprint density at radius 2 is 1.63 bits per heavy atom. The number of carbonyl (C=O) groups excluding carboxylic acids is 1. The highest BCUT2D eigenvalue weighted by molar-refractivity contribution is 6.31. The summed E-state index contributed by atoms with van der Waals surface area (Å²) < 4.78 is 20.6. The van der Waals surface area contributed by atoms with Crippen molar-refractivity contribution < 1.29 is 13.6 Å². The summed E-state index contributed by atoms with van der Waals surface area (Å²) in [5, 5.41) is 0.836. The highest BCUT2D eigenvalue weighted by atomic mass is 35.5. The van der Waals surface area contributed by atoms with E-state index < -0.39 is 17.8 Å². The molecule has 30 heavy (non-hydrogen) atoms. The van der Waals surface area contributed by atoms with E-state index >= 15 is 0 Å². The molecule has 0 bridgehead atoms. The molecule has 6 heteroatoms. The third-order valence-corrected chi connectivity index (χ3v) is 5.74. The van der Waals surface area contributed by atoms with E-state index in [0.29, 0.717) is 21.6 Å². The zero-order valence-electron chi connectivity index (χ0n) is 15.6. The van der Waals surface area contributed by atoms with Crippen LogP contribution in [0.3, 0.4) is 0 Å². The normalized spacial score (nSPS) is 15.6. The number of halogens is 2. The summed E-state index contributed by atoms with van der Waals surface area (Å²) in [6, 6.07) is 19.1. The van der Waals surface area contributed by atoms with E-state index in [0.717, 1.165) is 0 Å². The molecular weight excluding hydrogens is 405 g/mol. The van der Waals surface area contributed by atoms with E-state index in [1.165, 1.54) is 11.0 Å². The lowest BCUT2D eigenvalue weighted by molar-refractivity contribution is 0.0712. The molecule has 1 aliphatic heterocycles. The second-order valence-electron chi connectivity index (χ2n) is 7.12. The Hall–Kier alpha value is -3.44. The quantitative estimate of drug-likeness (QED) is 0.451. The first-order valence-corrected chi connectivity index (χ1v) is 9.78. The number of amides is 1. The predicted molar refractivity (Wildman–Crippen MR) is 112 cm³/mol. The van der Waals surface area contributed by atoms with Crippen LogP contribution >= 0.6 is 11.6 Å². The van der Waals surface area contributed by atoms with Crippen molar-refractivity contribution in [1.29, 1.82) is 0 Å². The van der Waals surface area contributed by atoms with Crippen LogP contribution in [0.25, 0.3) is 11.0 Å². The summed E-state index contributed by atoms with van der Waals surface area (Å²) >= 11 is 6.31. The minimum absolute atomic E-state index is 0.0565. The number of rotatable bonds is 3. The van der Waals surface area contributed by atoms with Gasteiger partial charge in [-0.25, -0.2) is 4.39 Å². The summed E-state index contributed by atoms with van der Waals surface area (Å²) in [7, 11) is 0. The van der Waals surface area contributed by atoms with Crippen molar-refractivity contribution in [3.63, 3.8) is 0 Å². The van der Waals surface area contributed by atoms with Gasteiger partial charge in [-0.3, -0.25) is 9.59 Å². The van der Waals surface area contributed by atoms with Crippen LogP contribution in [-0.4, -0.2) is 10.8 Å². The van der Waals surface area contributed by atoms with Gasteiger partial charge >= 0.3 is 0 Å². The SMILES string of the molecule is O=C1c2oc3ccccc3c(=O)c2C(c2ccccc2F)N1Cc1ccccc1Cl. The fourth-order valence-corrected chi connectivity index (χ4v) is 4.16. The monoisotopic (exact) mass is 419 g/mol. The van der Waals surface area contributed by atoms with Gasteiger partial charge in [-0.2, -0.15) is 0 Å². The van der Waals surface area contributed by atoms with Crippen molar-refractivity contribution in [1.82, 2.24) is 4.90 Å². The van der Waals surface area contributed by atoms with Gasteiger partial charge < -0.3 is 9.32 Å². The Kier molecular flexibility index (Phi) is 4.40. The van der Waals surface area contributed by atoms with Crippen LogP contribution in [0, 0.1) is 5.82 Å². The van der Waals surface area contributed by atoms with Crippen molar-refractivity contribution in [3.8, 4) is 0 Å². The lowest BCUT2D eigenvalue weighted by Crippen LogP contribution is -2.30. The zero-order chi connectivity index (χ0) is 20.8. The second-order valence-corrected chi connectivity index (χ2v) is 7.53.